The summed E-state index contributed by atoms with van der Waals surface area (Å²) in [6, 6.07) is 12.9. The van der Waals surface area contributed by atoms with E-state index in [0.29, 0.717) is 0 Å². The van der Waals surface area contributed by atoms with Gasteiger partial charge in [0.1, 0.15) is 0 Å². The second-order valence-electron chi connectivity index (χ2n) is 5.26. The third-order valence-electron chi connectivity index (χ3n) is 3.90. The molecular formula is C17H15Br2Cl. The summed E-state index contributed by atoms with van der Waals surface area (Å²) in [7, 11) is 0. The summed E-state index contributed by atoms with van der Waals surface area (Å²) in [5.74, 6) is 0. The van der Waals surface area contributed by atoms with Crippen LogP contribution in [0.3, 0.4) is 0 Å². The quantitative estimate of drug-likeness (QED) is 0.494. The minimum atomic E-state index is 0.148. The third-order valence-corrected chi connectivity index (χ3v) is 5.74. The number of fused-ring (bicyclic) bond motifs is 1. The van der Waals surface area contributed by atoms with Crippen LogP contribution in [-0.4, -0.2) is 0 Å². The Morgan fingerprint density at radius 2 is 1.70 bits per heavy atom. The zero-order valence-electron chi connectivity index (χ0n) is 11.0. The summed E-state index contributed by atoms with van der Waals surface area (Å²) in [5.41, 5.74) is 5.42. The molecule has 0 heterocycles. The lowest BCUT2D eigenvalue weighted by molar-refractivity contribution is 0.684. The van der Waals surface area contributed by atoms with Crippen molar-refractivity contribution in [1.82, 2.24) is 0 Å². The molecule has 2 aromatic carbocycles. The maximum atomic E-state index is 6.36. The molecule has 0 spiro atoms. The zero-order chi connectivity index (χ0) is 14.1. The van der Waals surface area contributed by atoms with Crippen molar-refractivity contribution in [2.75, 3.05) is 0 Å². The Morgan fingerprint density at radius 1 is 0.950 bits per heavy atom. The molecule has 1 aliphatic carbocycles. The summed E-state index contributed by atoms with van der Waals surface area (Å²) in [5, 5.41) is 0.791. The second kappa shape index (κ2) is 6.21. The van der Waals surface area contributed by atoms with Gasteiger partial charge in [-0.1, -0.05) is 67.7 Å². The topological polar surface area (TPSA) is 0 Å². The first-order valence-electron chi connectivity index (χ1n) is 6.86. The van der Waals surface area contributed by atoms with E-state index in [0.717, 1.165) is 15.1 Å². The average molecular weight is 415 g/mol. The molecule has 0 saturated heterocycles. The predicted octanol–water partition coefficient (Wildman–Crippen LogP) is 6.47. The molecule has 0 saturated carbocycles. The van der Waals surface area contributed by atoms with Crippen LogP contribution in [0.25, 0.3) is 0 Å². The van der Waals surface area contributed by atoms with Gasteiger partial charge in [-0.2, -0.15) is 0 Å². The SMILES string of the molecule is Clc1cc(Br)ccc1C(Br)c1ccc2c(c1)CCCC2. The molecule has 20 heavy (non-hydrogen) atoms. The highest BCUT2D eigenvalue weighted by atomic mass is 79.9. The highest BCUT2D eigenvalue weighted by Crippen LogP contribution is 2.37. The Balaban J connectivity index is 1.95. The summed E-state index contributed by atoms with van der Waals surface area (Å²) >= 11 is 13.6. The molecule has 0 fully saturated rings. The highest BCUT2D eigenvalue weighted by Gasteiger charge is 2.17. The van der Waals surface area contributed by atoms with Crippen LogP contribution in [0.2, 0.25) is 5.02 Å². The van der Waals surface area contributed by atoms with Crippen LogP contribution in [0, 0.1) is 0 Å². The van der Waals surface area contributed by atoms with Crippen molar-refractivity contribution in [1.29, 1.82) is 0 Å². The normalized spacial score (nSPS) is 15.8. The predicted molar refractivity (Wildman–Crippen MR) is 93.0 cm³/mol. The molecule has 0 nitrogen and oxygen atoms in total. The van der Waals surface area contributed by atoms with Gasteiger partial charge in [0, 0.05) is 9.50 Å². The maximum absolute atomic E-state index is 6.36. The Kier molecular flexibility index (Phi) is 4.54. The lowest BCUT2D eigenvalue weighted by atomic mass is 9.89. The van der Waals surface area contributed by atoms with Gasteiger partial charge in [-0.3, -0.25) is 0 Å². The van der Waals surface area contributed by atoms with Crippen molar-refractivity contribution < 1.29 is 0 Å². The molecule has 2 aromatic rings. The minimum absolute atomic E-state index is 0.148. The number of benzene rings is 2. The minimum Gasteiger partial charge on any atom is -0.0839 e. The van der Waals surface area contributed by atoms with Gasteiger partial charge in [-0.15, -0.1) is 0 Å². The molecule has 1 aliphatic rings. The van der Waals surface area contributed by atoms with Gasteiger partial charge in [0.25, 0.3) is 0 Å². The van der Waals surface area contributed by atoms with Gasteiger partial charge in [-0.05, 0) is 60.1 Å². The molecule has 3 heteroatoms. The van der Waals surface area contributed by atoms with Crippen LogP contribution in [-0.2, 0) is 12.8 Å². The van der Waals surface area contributed by atoms with Crippen LogP contribution in [0.5, 0.6) is 0 Å². The van der Waals surface area contributed by atoms with Gasteiger partial charge >= 0.3 is 0 Å². The van der Waals surface area contributed by atoms with Gasteiger partial charge in [0.05, 0.1) is 4.83 Å². The summed E-state index contributed by atoms with van der Waals surface area (Å²) in [4.78, 5) is 0.148. The molecule has 1 atom stereocenters. The zero-order valence-corrected chi connectivity index (χ0v) is 14.9. The Hall–Kier alpha value is -0.310. The van der Waals surface area contributed by atoms with Crippen molar-refractivity contribution in [2.24, 2.45) is 0 Å². The van der Waals surface area contributed by atoms with Gasteiger partial charge < -0.3 is 0 Å². The number of hydrogen-bond acceptors (Lipinski definition) is 0. The first-order valence-corrected chi connectivity index (χ1v) is 8.94. The Bertz CT molecular complexity index is 637. The van der Waals surface area contributed by atoms with E-state index < -0.39 is 0 Å². The van der Waals surface area contributed by atoms with Crippen molar-refractivity contribution in [2.45, 2.75) is 30.5 Å². The highest BCUT2D eigenvalue weighted by molar-refractivity contribution is 9.10. The third kappa shape index (κ3) is 2.98. The molecule has 0 amide bonds. The Labute approximate surface area is 141 Å². The fourth-order valence-corrected chi connectivity index (χ4v) is 4.40. The molecule has 0 aromatic heterocycles. The molecule has 1 unspecified atom stereocenters. The van der Waals surface area contributed by atoms with Crippen molar-refractivity contribution >= 4 is 43.5 Å². The molecule has 104 valence electrons. The number of aryl methyl sites for hydroxylation is 2. The van der Waals surface area contributed by atoms with Crippen molar-refractivity contribution in [3.63, 3.8) is 0 Å². The van der Waals surface area contributed by atoms with E-state index in [2.05, 4.69) is 56.1 Å². The number of alkyl halides is 1. The van der Waals surface area contributed by atoms with E-state index >= 15 is 0 Å². The standard InChI is InChI=1S/C17H15Br2Cl/c18-14-7-8-15(16(20)10-14)17(19)13-6-5-11-3-1-2-4-12(11)9-13/h5-10,17H,1-4H2. The monoisotopic (exact) mass is 412 g/mol. The van der Waals surface area contributed by atoms with Gasteiger partial charge in [0.15, 0.2) is 0 Å². The van der Waals surface area contributed by atoms with Crippen LogP contribution in [0.4, 0.5) is 0 Å². The van der Waals surface area contributed by atoms with Gasteiger partial charge in [0.2, 0.25) is 0 Å². The maximum Gasteiger partial charge on any atom is 0.0659 e. The molecule has 0 aliphatic heterocycles. The number of hydrogen-bond donors (Lipinski definition) is 0. The van der Waals surface area contributed by atoms with E-state index in [4.69, 9.17) is 11.6 Å². The lowest BCUT2D eigenvalue weighted by Crippen LogP contribution is -2.04. The second-order valence-corrected chi connectivity index (χ2v) is 7.50. The van der Waals surface area contributed by atoms with E-state index in [9.17, 15) is 0 Å². The summed E-state index contributed by atoms with van der Waals surface area (Å²) in [6.07, 6.45) is 5.06. The molecule has 0 radical (unpaired) electrons. The fourth-order valence-electron chi connectivity index (χ4n) is 2.80. The fraction of sp³-hybridized carbons (Fsp3) is 0.294. The van der Waals surface area contributed by atoms with E-state index in [1.807, 2.05) is 12.1 Å². The largest absolute Gasteiger partial charge is 0.0839 e. The molecule has 0 N–H and O–H groups in total. The molecule has 3 rings (SSSR count). The number of rotatable bonds is 2. The van der Waals surface area contributed by atoms with Crippen molar-refractivity contribution in [3.8, 4) is 0 Å². The van der Waals surface area contributed by atoms with Crippen LogP contribution < -0.4 is 0 Å². The van der Waals surface area contributed by atoms with E-state index in [-0.39, 0.29) is 4.83 Å². The van der Waals surface area contributed by atoms with Crippen molar-refractivity contribution in [3.05, 3.63) is 68.1 Å². The van der Waals surface area contributed by atoms with E-state index in [1.165, 1.54) is 42.4 Å². The van der Waals surface area contributed by atoms with Crippen LogP contribution in [0.1, 0.15) is 39.9 Å². The average Bonchev–Trinajstić information content (AvgIpc) is 2.46. The van der Waals surface area contributed by atoms with E-state index in [1.54, 1.807) is 0 Å². The number of halogens is 3. The summed E-state index contributed by atoms with van der Waals surface area (Å²) < 4.78 is 1.01. The first kappa shape index (κ1) is 14.6. The van der Waals surface area contributed by atoms with Gasteiger partial charge in [-0.25, -0.2) is 0 Å². The van der Waals surface area contributed by atoms with Crippen LogP contribution >= 0.6 is 43.5 Å². The Morgan fingerprint density at radius 3 is 2.45 bits per heavy atom. The molecule has 0 bridgehead atoms. The first-order chi connectivity index (χ1) is 9.65. The lowest BCUT2D eigenvalue weighted by Gasteiger charge is -2.19. The molecular weight excluding hydrogens is 399 g/mol. The van der Waals surface area contributed by atoms with Crippen LogP contribution in [0.15, 0.2) is 40.9 Å². The smallest absolute Gasteiger partial charge is 0.0659 e. The summed E-state index contributed by atoms with van der Waals surface area (Å²) in [6.45, 7) is 0.